The first-order chi connectivity index (χ1) is 12.4. The van der Waals surface area contributed by atoms with Crippen LogP contribution in [0.25, 0.3) is 0 Å². The Labute approximate surface area is 155 Å². The molecule has 0 radical (unpaired) electrons. The van der Waals surface area contributed by atoms with Crippen molar-refractivity contribution < 1.29 is 9.53 Å². The largest absolute Gasteiger partial charge is 0.417 e. The lowest BCUT2D eigenvalue weighted by Gasteiger charge is -2.41. The summed E-state index contributed by atoms with van der Waals surface area (Å²) in [5.41, 5.74) is 2.53. The van der Waals surface area contributed by atoms with Crippen molar-refractivity contribution in [3.05, 3.63) is 60.2 Å². The molecular formula is C23H27NO2. The van der Waals surface area contributed by atoms with Gasteiger partial charge in [-0.15, -0.1) is 0 Å². The van der Waals surface area contributed by atoms with Crippen LogP contribution in [0.4, 0.5) is 10.5 Å². The molecule has 0 heterocycles. The minimum Gasteiger partial charge on any atom is -0.410 e. The first-order valence-corrected chi connectivity index (χ1v) is 9.59. The molecule has 0 aromatic heterocycles. The van der Waals surface area contributed by atoms with E-state index in [9.17, 15) is 4.79 Å². The summed E-state index contributed by atoms with van der Waals surface area (Å²) in [7, 11) is 0. The van der Waals surface area contributed by atoms with Gasteiger partial charge >= 0.3 is 6.09 Å². The number of carbonyl (C=O) groups is 1. The van der Waals surface area contributed by atoms with Gasteiger partial charge in [0.1, 0.15) is 5.75 Å². The number of para-hydroxylation sites is 1. The minimum atomic E-state index is -0.459. The summed E-state index contributed by atoms with van der Waals surface area (Å²) in [4.78, 5) is 12.0. The Bertz CT molecular complexity index is 782. The molecule has 2 aromatic carbocycles. The first kappa shape index (κ1) is 17.1. The predicted octanol–water partition coefficient (Wildman–Crippen LogP) is 6.08. The van der Waals surface area contributed by atoms with Crippen LogP contribution in [0.15, 0.2) is 54.6 Å². The topological polar surface area (TPSA) is 38.3 Å². The summed E-state index contributed by atoms with van der Waals surface area (Å²) < 4.78 is 5.41. The number of rotatable bonds is 3. The van der Waals surface area contributed by atoms with Crippen LogP contribution < -0.4 is 10.1 Å². The molecule has 4 rings (SSSR count). The van der Waals surface area contributed by atoms with E-state index in [1.807, 2.05) is 42.5 Å². The van der Waals surface area contributed by atoms with Gasteiger partial charge in [-0.1, -0.05) is 51.1 Å². The van der Waals surface area contributed by atoms with Crippen molar-refractivity contribution in [2.24, 2.45) is 23.2 Å². The van der Waals surface area contributed by atoms with Crippen molar-refractivity contribution >= 4 is 11.8 Å². The van der Waals surface area contributed by atoms with Crippen molar-refractivity contribution in [3.63, 3.8) is 0 Å². The lowest BCUT2D eigenvalue weighted by atomic mass is 9.64. The van der Waals surface area contributed by atoms with E-state index in [4.69, 9.17) is 4.74 Å². The molecule has 0 aliphatic heterocycles. The molecule has 2 aliphatic rings. The molecule has 26 heavy (non-hydrogen) atoms. The zero-order valence-electron chi connectivity index (χ0n) is 15.7. The quantitative estimate of drug-likeness (QED) is 0.729. The van der Waals surface area contributed by atoms with Gasteiger partial charge in [-0.2, -0.15) is 0 Å². The van der Waals surface area contributed by atoms with Crippen LogP contribution in [0.3, 0.4) is 0 Å². The van der Waals surface area contributed by atoms with Crippen molar-refractivity contribution in [1.29, 1.82) is 0 Å². The van der Waals surface area contributed by atoms with Crippen LogP contribution in [0, 0.1) is 23.2 Å². The summed E-state index contributed by atoms with van der Waals surface area (Å²) in [6.45, 7) is 7.28. The number of ether oxygens (including phenoxy) is 1. The molecule has 0 unspecified atom stereocenters. The van der Waals surface area contributed by atoms with Crippen molar-refractivity contribution in [1.82, 2.24) is 0 Å². The molecule has 136 valence electrons. The van der Waals surface area contributed by atoms with Crippen LogP contribution in [0.1, 0.15) is 45.1 Å². The minimum absolute atomic E-state index is 0.415. The monoisotopic (exact) mass is 349 g/mol. The Morgan fingerprint density at radius 3 is 2.35 bits per heavy atom. The summed E-state index contributed by atoms with van der Waals surface area (Å²) in [5, 5.41) is 2.74. The molecule has 0 saturated heterocycles. The van der Waals surface area contributed by atoms with Crippen LogP contribution in [-0.2, 0) is 0 Å². The molecule has 1 amide bonds. The zero-order chi connectivity index (χ0) is 18.3. The lowest BCUT2D eigenvalue weighted by molar-refractivity contribution is 0.118. The Hall–Kier alpha value is -2.29. The summed E-state index contributed by atoms with van der Waals surface area (Å²) in [6.07, 6.45) is 2.19. The highest BCUT2D eigenvalue weighted by molar-refractivity contribution is 5.86. The molecule has 2 bridgehead atoms. The Kier molecular flexibility index (Phi) is 4.26. The number of anilines is 1. The fraction of sp³-hybridized carbons (Fsp3) is 0.435. The third-order valence-electron chi connectivity index (χ3n) is 6.97. The second kappa shape index (κ2) is 6.46. The maximum atomic E-state index is 12.0. The van der Waals surface area contributed by atoms with E-state index in [-0.39, 0.29) is 0 Å². The average Bonchev–Trinajstić information content (AvgIpc) is 3.16. The molecule has 2 aliphatic carbocycles. The highest BCUT2D eigenvalue weighted by atomic mass is 16.6. The molecule has 2 aromatic rings. The molecule has 3 heteroatoms. The van der Waals surface area contributed by atoms with Crippen LogP contribution in [-0.4, -0.2) is 6.09 Å². The van der Waals surface area contributed by atoms with Crippen molar-refractivity contribution in [2.75, 3.05) is 5.32 Å². The maximum Gasteiger partial charge on any atom is 0.417 e. The van der Waals surface area contributed by atoms with Crippen LogP contribution >= 0.6 is 0 Å². The summed E-state index contributed by atoms with van der Waals surface area (Å²) in [6, 6.07) is 17.4. The van der Waals surface area contributed by atoms with Gasteiger partial charge in [-0.05, 0) is 71.8 Å². The third kappa shape index (κ3) is 3.00. The lowest BCUT2D eigenvalue weighted by Crippen LogP contribution is -2.32. The molecule has 0 spiro atoms. The number of carbonyl (C=O) groups excluding carboxylic acids is 1. The molecular weight excluding hydrogens is 322 g/mol. The summed E-state index contributed by atoms with van der Waals surface area (Å²) in [5.74, 6) is 3.65. The molecule has 3 nitrogen and oxygen atoms in total. The zero-order valence-corrected chi connectivity index (χ0v) is 15.7. The number of amides is 1. The molecule has 2 saturated carbocycles. The second-order valence-electron chi connectivity index (χ2n) is 8.50. The Morgan fingerprint density at radius 1 is 1.04 bits per heavy atom. The summed E-state index contributed by atoms with van der Waals surface area (Å²) >= 11 is 0. The Balaban J connectivity index is 1.41. The normalized spacial score (nSPS) is 28.7. The van der Waals surface area contributed by atoms with Gasteiger partial charge in [0.15, 0.2) is 0 Å². The van der Waals surface area contributed by atoms with Gasteiger partial charge in [-0.3, -0.25) is 5.32 Å². The fourth-order valence-corrected chi connectivity index (χ4v) is 5.18. The standard InChI is InChI=1S/C23H27NO2/c1-15-17-13-20(21(14-17)23(15,2)3)16-9-11-19(12-10-16)26-22(25)24-18-7-5-4-6-8-18/h4-12,15,17,20-21H,13-14H2,1-3H3,(H,24,25)/t15-,17+,20+,21-/m1/s1. The number of benzene rings is 2. The molecule has 1 N–H and O–H groups in total. The molecule has 4 atom stereocenters. The van der Waals surface area contributed by atoms with E-state index < -0.39 is 6.09 Å². The number of hydrogen-bond acceptors (Lipinski definition) is 2. The van der Waals surface area contributed by atoms with E-state index in [0.29, 0.717) is 17.1 Å². The number of fused-ring (bicyclic) bond motifs is 2. The van der Waals surface area contributed by atoms with Crippen LogP contribution in [0.2, 0.25) is 0 Å². The van der Waals surface area contributed by atoms with Gasteiger partial charge in [0.25, 0.3) is 0 Å². The van der Waals surface area contributed by atoms with E-state index in [1.54, 1.807) is 0 Å². The van der Waals surface area contributed by atoms with Crippen molar-refractivity contribution in [3.8, 4) is 5.75 Å². The first-order valence-electron chi connectivity index (χ1n) is 9.59. The molecule has 2 fully saturated rings. The van der Waals surface area contributed by atoms with Gasteiger partial charge in [0.05, 0.1) is 0 Å². The number of nitrogens with one attached hydrogen (secondary N) is 1. The second-order valence-corrected chi connectivity index (χ2v) is 8.50. The predicted molar refractivity (Wildman–Crippen MR) is 104 cm³/mol. The average molecular weight is 349 g/mol. The smallest absolute Gasteiger partial charge is 0.410 e. The van der Waals surface area contributed by atoms with E-state index >= 15 is 0 Å². The van der Waals surface area contributed by atoms with E-state index in [2.05, 4.69) is 38.2 Å². The van der Waals surface area contributed by atoms with Gasteiger partial charge in [0.2, 0.25) is 0 Å². The Morgan fingerprint density at radius 2 is 1.73 bits per heavy atom. The highest BCUT2D eigenvalue weighted by Gasteiger charge is 2.55. The van der Waals surface area contributed by atoms with Gasteiger partial charge in [0, 0.05) is 5.69 Å². The number of hydrogen-bond donors (Lipinski definition) is 1. The fourth-order valence-electron chi connectivity index (χ4n) is 5.18. The van der Waals surface area contributed by atoms with E-state index in [0.717, 1.165) is 23.4 Å². The van der Waals surface area contributed by atoms with Gasteiger partial charge in [-0.25, -0.2) is 4.79 Å². The van der Waals surface area contributed by atoms with Crippen LogP contribution in [0.5, 0.6) is 5.75 Å². The van der Waals surface area contributed by atoms with E-state index in [1.165, 1.54) is 18.4 Å². The maximum absolute atomic E-state index is 12.0. The third-order valence-corrected chi connectivity index (χ3v) is 6.97. The van der Waals surface area contributed by atoms with Crippen molar-refractivity contribution in [2.45, 2.75) is 39.5 Å². The highest BCUT2D eigenvalue weighted by Crippen LogP contribution is 2.64. The SMILES string of the molecule is C[C@@H]1[C@@H]2C[C@H]([C@H](c3ccc(OC(=O)Nc4ccccc4)cc3)C2)C1(C)C. The van der Waals surface area contributed by atoms with Gasteiger partial charge < -0.3 is 4.74 Å².